The zero-order valence-electron chi connectivity index (χ0n) is 17.3. The minimum absolute atomic E-state index is 0.164. The average Bonchev–Trinajstić information content (AvgIpc) is 3.01. The normalized spacial score (nSPS) is 14.8. The molecule has 32 heavy (non-hydrogen) atoms. The number of hydrogen-bond acceptors (Lipinski definition) is 6. The molecular weight excluding hydrogens is 489 g/mol. The van der Waals surface area contributed by atoms with E-state index in [1.807, 2.05) is 30.3 Å². The molecule has 1 amide bonds. The third-order valence-corrected chi connectivity index (χ3v) is 6.47. The van der Waals surface area contributed by atoms with Crippen molar-refractivity contribution in [2.75, 3.05) is 13.2 Å². The number of rotatable bonds is 9. The van der Waals surface area contributed by atoms with Gasteiger partial charge in [-0.15, -0.1) is 0 Å². The van der Waals surface area contributed by atoms with Crippen LogP contribution in [0.2, 0.25) is 10.0 Å². The van der Waals surface area contributed by atoms with Crippen LogP contribution in [0.4, 0.5) is 0 Å². The molecule has 0 N–H and O–H groups in total. The first-order valence-electron chi connectivity index (χ1n) is 9.95. The van der Waals surface area contributed by atoms with Crippen molar-refractivity contribution in [1.82, 2.24) is 4.90 Å². The number of carbonyl (C=O) groups excluding carboxylic acids is 2. The predicted molar refractivity (Wildman–Crippen MR) is 133 cm³/mol. The summed E-state index contributed by atoms with van der Waals surface area (Å²) in [7, 11) is 0. The number of hydrogen-bond donors (Lipinski definition) is 0. The molecule has 0 bridgehead atoms. The third kappa shape index (κ3) is 6.72. The fraction of sp³-hybridized carbons (Fsp3) is 0.261. The van der Waals surface area contributed by atoms with Gasteiger partial charge in [-0.05, 0) is 49.2 Å². The van der Waals surface area contributed by atoms with Gasteiger partial charge in [0.05, 0.1) is 11.5 Å². The number of amides is 1. The Balaban J connectivity index is 1.62. The maximum Gasteiger partial charge on any atom is 0.305 e. The predicted octanol–water partition coefficient (Wildman–Crippen LogP) is 6.12. The van der Waals surface area contributed by atoms with Crippen LogP contribution in [-0.2, 0) is 20.9 Å². The molecule has 1 heterocycles. The zero-order chi connectivity index (χ0) is 23.1. The number of thiocarbonyl (C=S) groups is 1. The lowest BCUT2D eigenvalue weighted by Gasteiger charge is -2.13. The minimum Gasteiger partial charge on any atom is -0.489 e. The molecule has 0 aliphatic carbocycles. The standard InChI is InChI=1S/C23H21Cl2NO4S2/c1-2-29-21(27)7-4-10-26-22(28)20(32-23(26)31)12-15-5-3-6-18(11-15)30-14-16-8-9-17(24)13-19(16)25/h3,5-6,8-9,11-13H,2,4,7,10,14H2,1H3/b20-12+. The van der Waals surface area contributed by atoms with Crippen molar-refractivity contribution in [3.8, 4) is 5.75 Å². The van der Waals surface area contributed by atoms with Gasteiger partial charge in [-0.3, -0.25) is 14.5 Å². The first-order valence-corrected chi connectivity index (χ1v) is 11.9. The summed E-state index contributed by atoms with van der Waals surface area (Å²) < 4.78 is 11.2. The van der Waals surface area contributed by atoms with Crippen LogP contribution in [-0.4, -0.2) is 34.2 Å². The first-order chi connectivity index (χ1) is 15.4. The lowest BCUT2D eigenvalue weighted by atomic mass is 10.2. The van der Waals surface area contributed by atoms with E-state index in [1.54, 1.807) is 25.1 Å². The SMILES string of the molecule is CCOC(=O)CCCN1C(=O)/C(=C\c2cccc(OCc3ccc(Cl)cc3Cl)c2)SC1=S. The van der Waals surface area contributed by atoms with Gasteiger partial charge in [0.2, 0.25) is 0 Å². The van der Waals surface area contributed by atoms with Gasteiger partial charge in [-0.25, -0.2) is 0 Å². The molecule has 3 rings (SSSR count). The Morgan fingerprint density at radius 3 is 2.78 bits per heavy atom. The van der Waals surface area contributed by atoms with Crippen molar-refractivity contribution in [3.63, 3.8) is 0 Å². The Morgan fingerprint density at radius 2 is 2.03 bits per heavy atom. The van der Waals surface area contributed by atoms with E-state index in [0.717, 1.165) is 11.1 Å². The highest BCUT2D eigenvalue weighted by atomic mass is 35.5. The van der Waals surface area contributed by atoms with Crippen LogP contribution in [0.5, 0.6) is 5.75 Å². The van der Waals surface area contributed by atoms with Gasteiger partial charge in [0.1, 0.15) is 16.7 Å². The lowest BCUT2D eigenvalue weighted by molar-refractivity contribution is -0.143. The number of nitrogens with zero attached hydrogens (tertiary/aromatic N) is 1. The molecule has 9 heteroatoms. The van der Waals surface area contributed by atoms with E-state index in [4.69, 9.17) is 44.9 Å². The summed E-state index contributed by atoms with van der Waals surface area (Å²) in [5.41, 5.74) is 1.64. The summed E-state index contributed by atoms with van der Waals surface area (Å²) in [4.78, 5) is 26.3. The largest absolute Gasteiger partial charge is 0.489 e. The van der Waals surface area contributed by atoms with E-state index >= 15 is 0 Å². The molecule has 168 valence electrons. The maximum atomic E-state index is 12.8. The number of thioether (sulfide) groups is 1. The summed E-state index contributed by atoms with van der Waals surface area (Å²) in [5, 5.41) is 1.11. The van der Waals surface area contributed by atoms with Crippen LogP contribution in [0, 0.1) is 0 Å². The van der Waals surface area contributed by atoms with Crippen LogP contribution in [0.1, 0.15) is 30.9 Å². The van der Waals surface area contributed by atoms with Crippen molar-refractivity contribution in [2.45, 2.75) is 26.4 Å². The Labute approximate surface area is 206 Å². The summed E-state index contributed by atoms with van der Waals surface area (Å²) in [6.45, 7) is 2.78. The smallest absolute Gasteiger partial charge is 0.305 e. The molecule has 1 fully saturated rings. The highest BCUT2D eigenvalue weighted by molar-refractivity contribution is 8.26. The molecule has 1 saturated heterocycles. The Hall–Kier alpha value is -2.06. The van der Waals surface area contributed by atoms with E-state index in [0.29, 0.717) is 51.2 Å². The van der Waals surface area contributed by atoms with Crippen molar-refractivity contribution < 1.29 is 19.1 Å². The number of esters is 1. The minimum atomic E-state index is -0.273. The molecular formula is C23H21Cl2NO4S2. The highest BCUT2D eigenvalue weighted by Crippen LogP contribution is 2.33. The number of halogens is 2. The van der Waals surface area contributed by atoms with Crippen molar-refractivity contribution in [1.29, 1.82) is 0 Å². The van der Waals surface area contributed by atoms with Crippen LogP contribution in [0.15, 0.2) is 47.4 Å². The van der Waals surface area contributed by atoms with Gasteiger partial charge in [0.15, 0.2) is 0 Å². The summed E-state index contributed by atoms with van der Waals surface area (Å²) >= 11 is 18.7. The third-order valence-electron chi connectivity index (χ3n) is 4.51. The lowest BCUT2D eigenvalue weighted by Crippen LogP contribution is -2.29. The summed E-state index contributed by atoms with van der Waals surface area (Å²) in [6.07, 6.45) is 2.53. The summed E-state index contributed by atoms with van der Waals surface area (Å²) in [6, 6.07) is 12.7. The maximum absolute atomic E-state index is 12.8. The van der Waals surface area contributed by atoms with Crippen LogP contribution in [0.3, 0.4) is 0 Å². The average molecular weight is 510 g/mol. The van der Waals surface area contributed by atoms with Gasteiger partial charge >= 0.3 is 5.97 Å². The second-order valence-corrected chi connectivity index (χ2v) is 9.36. The van der Waals surface area contributed by atoms with Gasteiger partial charge in [-0.1, -0.05) is 65.4 Å². The molecule has 2 aromatic carbocycles. The van der Waals surface area contributed by atoms with E-state index in [9.17, 15) is 9.59 Å². The molecule has 1 aliphatic rings. The molecule has 0 saturated carbocycles. The van der Waals surface area contributed by atoms with Crippen LogP contribution < -0.4 is 4.74 Å². The molecule has 0 atom stereocenters. The molecule has 2 aromatic rings. The van der Waals surface area contributed by atoms with E-state index in [1.165, 1.54) is 16.7 Å². The molecule has 0 aromatic heterocycles. The quantitative estimate of drug-likeness (QED) is 0.230. The monoisotopic (exact) mass is 509 g/mol. The van der Waals surface area contributed by atoms with Gasteiger partial charge in [-0.2, -0.15) is 0 Å². The molecule has 0 spiro atoms. The van der Waals surface area contributed by atoms with Crippen molar-refractivity contribution >= 4 is 69.5 Å². The van der Waals surface area contributed by atoms with Gasteiger partial charge in [0, 0.05) is 28.6 Å². The van der Waals surface area contributed by atoms with E-state index in [2.05, 4.69) is 0 Å². The molecule has 5 nitrogen and oxygen atoms in total. The number of carbonyl (C=O) groups is 2. The number of ether oxygens (including phenoxy) is 2. The van der Waals surface area contributed by atoms with Gasteiger partial charge < -0.3 is 9.47 Å². The van der Waals surface area contributed by atoms with Crippen molar-refractivity contribution in [2.24, 2.45) is 0 Å². The molecule has 1 aliphatic heterocycles. The second kappa shape index (κ2) is 11.7. The Kier molecular flexibility index (Phi) is 8.99. The van der Waals surface area contributed by atoms with Crippen LogP contribution in [0.25, 0.3) is 6.08 Å². The number of benzene rings is 2. The second-order valence-electron chi connectivity index (χ2n) is 6.84. The molecule has 0 unspecified atom stereocenters. The fourth-order valence-corrected chi connectivity index (χ4v) is 4.72. The highest BCUT2D eigenvalue weighted by Gasteiger charge is 2.31. The van der Waals surface area contributed by atoms with E-state index in [-0.39, 0.29) is 18.3 Å². The Morgan fingerprint density at radius 1 is 1.22 bits per heavy atom. The van der Waals surface area contributed by atoms with E-state index < -0.39 is 0 Å². The zero-order valence-corrected chi connectivity index (χ0v) is 20.5. The van der Waals surface area contributed by atoms with Gasteiger partial charge in [0.25, 0.3) is 5.91 Å². The van der Waals surface area contributed by atoms with Crippen molar-refractivity contribution in [3.05, 3.63) is 68.5 Å². The fourth-order valence-electron chi connectivity index (χ4n) is 2.95. The summed E-state index contributed by atoms with van der Waals surface area (Å²) in [5.74, 6) is 0.211. The topological polar surface area (TPSA) is 55.8 Å². The Bertz CT molecular complexity index is 1060. The first kappa shape index (κ1) is 24.6. The van der Waals surface area contributed by atoms with Crippen LogP contribution >= 0.6 is 47.2 Å². The molecule has 0 radical (unpaired) electrons.